The molecule has 0 saturated carbocycles. The van der Waals surface area contributed by atoms with Gasteiger partial charge in [0.15, 0.2) is 5.65 Å². The van der Waals surface area contributed by atoms with Gasteiger partial charge in [-0.2, -0.15) is 18.3 Å². The van der Waals surface area contributed by atoms with Gasteiger partial charge < -0.3 is 9.64 Å². The van der Waals surface area contributed by atoms with Crippen molar-refractivity contribution in [2.45, 2.75) is 31.9 Å². The van der Waals surface area contributed by atoms with Crippen LogP contribution in [0.25, 0.3) is 5.65 Å². The Bertz CT molecular complexity index is 1090. The number of aryl methyl sites for hydroxylation is 1. The van der Waals surface area contributed by atoms with Crippen molar-refractivity contribution in [3.8, 4) is 5.75 Å². The number of halogens is 3. The van der Waals surface area contributed by atoms with E-state index in [1.54, 1.807) is 18.1 Å². The van der Waals surface area contributed by atoms with Crippen LogP contribution in [0.4, 0.5) is 13.2 Å². The fourth-order valence-electron chi connectivity index (χ4n) is 3.82. The highest BCUT2D eigenvalue weighted by atomic mass is 19.4. The summed E-state index contributed by atoms with van der Waals surface area (Å²) in [6, 6.07) is 9.90. The molecule has 0 radical (unpaired) electrons. The van der Waals surface area contributed by atoms with Gasteiger partial charge in [-0.05, 0) is 37.1 Å². The number of aromatic nitrogens is 3. The number of hydrogen-bond donors (Lipinski definition) is 0. The van der Waals surface area contributed by atoms with Gasteiger partial charge in [0, 0.05) is 30.8 Å². The van der Waals surface area contributed by atoms with Crippen LogP contribution in [-0.2, 0) is 17.4 Å². The van der Waals surface area contributed by atoms with Gasteiger partial charge in [0.1, 0.15) is 11.4 Å². The Balaban J connectivity index is 1.51. The first-order valence-corrected chi connectivity index (χ1v) is 9.60. The quantitative estimate of drug-likeness (QED) is 0.649. The molecule has 3 aromatic rings. The number of hydrogen-bond acceptors (Lipinski definition) is 4. The first kappa shape index (κ1) is 20.2. The van der Waals surface area contributed by atoms with Gasteiger partial charge in [-0.25, -0.2) is 9.50 Å². The van der Waals surface area contributed by atoms with Crippen LogP contribution in [0, 0.1) is 6.92 Å². The first-order valence-electron chi connectivity index (χ1n) is 9.60. The lowest BCUT2D eigenvalue weighted by Crippen LogP contribution is -2.29. The molecule has 30 heavy (non-hydrogen) atoms. The van der Waals surface area contributed by atoms with E-state index in [9.17, 15) is 18.0 Å². The molecule has 0 bridgehead atoms. The van der Waals surface area contributed by atoms with Gasteiger partial charge in [0.25, 0.3) is 0 Å². The Morgan fingerprint density at radius 3 is 2.80 bits per heavy atom. The van der Waals surface area contributed by atoms with E-state index in [0.29, 0.717) is 31.0 Å². The smallest absolute Gasteiger partial charge is 0.433 e. The summed E-state index contributed by atoms with van der Waals surface area (Å²) in [6.07, 6.45) is -3.63. The van der Waals surface area contributed by atoms with Gasteiger partial charge >= 0.3 is 6.18 Å². The maximum absolute atomic E-state index is 13.4. The van der Waals surface area contributed by atoms with Crippen molar-refractivity contribution < 1.29 is 22.7 Å². The van der Waals surface area contributed by atoms with Crippen LogP contribution >= 0.6 is 0 Å². The first-order chi connectivity index (χ1) is 14.2. The summed E-state index contributed by atoms with van der Waals surface area (Å²) in [5.41, 5.74) is 0.974. The van der Waals surface area contributed by atoms with E-state index in [2.05, 4.69) is 10.1 Å². The molecule has 4 rings (SSSR count). The number of nitrogens with zero attached hydrogens (tertiary/aromatic N) is 4. The van der Waals surface area contributed by atoms with E-state index in [0.717, 1.165) is 16.1 Å². The zero-order chi connectivity index (χ0) is 21.5. The number of ether oxygens (including phenoxy) is 1. The van der Waals surface area contributed by atoms with Crippen LogP contribution in [0.2, 0.25) is 0 Å². The van der Waals surface area contributed by atoms with Crippen molar-refractivity contribution in [2.75, 3.05) is 20.2 Å². The van der Waals surface area contributed by atoms with Gasteiger partial charge in [-0.3, -0.25) is 4.79 Å². The minimum Gasteiger partial charge on any atom is -0.497 e. The molecule has 1 unspecified atom stereocenters. The summed E-state index contributed by atoms with van der Waals surface area (Å²) in [5, 5.41) is 4.18. The lowest BCUT2D eigenvalue weighted by Gasteiger charge is -2.16. The topological polar surface area (TPSA) is 59.7 Å². The number of alkyl halides is 3. The predicted octanol–water partition coefficient (Wildman–Crippen LogP) is 3.62. The third-order valence-corrected chi connectivity index (χ3v) is 5.31. The molecule has 9 heteroatoms. The third kappa shape index (κ3) is 3.96. The minimum absolute atomic E-state index is 0.0283. The molecular formula is C21H21F3N4O2. The minimum atomic E-state index is -4.52. The molecule has 1 aliphatic rings. The molecule has 1 atom stereocenters. The second-order valence-electron chi connectivity index (χ2n) is 7.47. The number of amides is 1. The molecule has 0 spiro atoms. The summed E-state index contributed by atoms with van der Waals surface area (Å²) in [4.78, 5) is 18.6. The molecule has 1 amide bonds. The second-order valence-corrected chi connectivity index (χ2v) is 7.47. The van der Waals surface area contributed by atoms with E-state index in [1.165, 1.54) is 6.92 Å². The number of carbonyl (C=O) groups is 1. The highest BCUT2D eigenvalue weighted by Crippen LogP contribution is 2.32. The van der Waals surface area contributed by atoms with Crippen molar-refractivity contribution in [1.82, 2.24) is 19.5 Å². The number of benzene rings is 1. The van der Waals surface area contributed by atoms with Crippen molar-refractivity contribution in [2.24, 2.45) is 0 Å². The van der Waals surface area contributed by atoms with Gasteiger partial charge in [-0.15, -0.1) is 0 Å². The summed E-state index contributed by atoms with van der Waals surface area (Å²) in [7, 11) is 1.57. The lowest BCUT2D eigenvalue weighted by molar-refractivity contribution is -0.142. The average Bonchev–Trinajstić information content (AvgIpc) is 3.33. The molecule has 1 aromatic carbocycles. The molecule has 6 nitrogen and oxygen atoms in total. The SMILES string of the molecule is COc1cccc(CC(=O)N2CCC(c3cc4nc(C)cc(C(F)(F)F)n4n3)C2)c1. The predicted molar refractivity (Wildman–Crippen MR) is 103 cm³/mol. The number of methoxy groups -OCH3 is 1. The Hall–Kier alpha value is -3.10. The second kappa shape index (κ2) is 7.62. The summed E-state index contributed by atoms with van der Waals surface area (Å²) in [5.74, 6) is 0.536. The van der Waals surface area contributed by atoms with Crippen LogP contribution in [0.1, 0.15) is 35.0 Å². The summed E-state index contributed by atoms with van der Waals surface area (Å²) in [6.45, 7) is 2.49. The van der Waals surface area contributed by atoms with Crippen molar-refractivity contribution in [3.05, 3.63) is 59.0 Å². The molecule has 1 saturated heterocycles. The van der Waals surface area contributed by atoms with Gasteiger partial charge in [0.05, 0.1) is 19.2 Å². The monoisotopic (exact) mass is 418 g/mol. The molecule has 2 aromatic heterocycles. The molecule has 1 aliphatic heterocycles. The molecule has 1 fully saturated rings. The fourth-order valence-corrected chi connectivity index (χ4v) is 3.82. The lowest BCUT2D eigenvalue weighted by atomic mass is 10.1. The standard InChI is InChI=1S/C21H21F3N4O2/c1-13-8-18(21(22,23)24)28-19(25-13)11-17(26-28)15-6-7-27(12-15)20(29)10-14-4-3-5-16(9-14)30-2/h3-5,8-9,11,15H,6-7,10,12H2,1-2H3. The van der Waals surface area contributed by atoms with Crippen molar-refractivity contribution >= 4 is 11.6 Å². The molecular weight excluding hydrogens is 397 g/mol. The van der Waals surface area contributed by atoms with Crippen LogP contribution in [0.5, 0.6) is 5.75 Å². The van der Waals surface area contributed by atoms with E-state index in [1.807, 2.05) is 24.3 Å². The van der Waals surface area contributed by atoms with Crippen LogP contribution < -0.4 is 4.74 Å². The average molecular weight is 418 g/mol. The summed E-state index contributed by atoms with van der Waals surface area (Å²) >= 11 is 0. The Morgan fingerprint density at radius 2 is 2.07 bits per heavy atom. The number of likely N-dealkylation sites (tertiary alicyclic amines) is 1. The molecule has 0 aliphatic carbocycles. The molecule has 3 heterocycles. The van der Waals surface area contributed by atoms with E-state index >= 15 is 0 Å². The number of carbonyl (C=O) groups excluding carboxylic acids is 1. The molecule has 0 N–H and O–H groups in total. The zero-order valence-electron chi connectivity index (χ0n) is 16.6. The Kier molecular flexibility index (Phi) is 5.13. The third-order valence-electron chi connectivity index (χ3n) is 5.31. The maximum Gasteiger partial charge on any atom is 0.433 e. The van der Waals surface area contributed by atoms with E-state index in [-0.39, 0.29) is 29.6 Å². The largest absolute Gasteiger partial charge is 0.497 e. The maximum atomic E-state index is 13.4. The van der Waals surface area contributed by atoms with Crippen LogP contribution in [0.3, 0.4) is 0 Å². The number of fused-ring (bicyclic) bond motifs is 1. The van der Waals surface area contributed by atoms with Crippen LogP contribution in [-0.4, -0.2) is 45.6 Å². The van der Waals surface area contributed by atoms with Crippen molar-refractivity contribution in [1.29, 1.82) is 0 Å². The van der Waals surface area contributed by atoms with Gasteiger partial charge in [-0.1, -0.05) is 12.1 Å². The van der Waals surface area contributed by atoms with E-state index in [4.69, 9.17) is 4.74 Å². The zero-order valence-corrected chi connectivity index (χ0v) is 16.6. The highest BCUT2D eigenvalue weighted by molar-refractivity contribution is 5.79. The highest BCUT2D eigenvalue weighted by Gasteiger charge is 2.36. The number of rotatable bonds is 4. The van der Waals surface area contributed by atoms with E-state index < -0.39 is 11.9 Å². The normalized spacial score (nSPS) is 17.0. The summed E-state index contributed by atoms with van der Waals surface area (Å²) < 4.78 is 46.1. The Labute approximate surface area is 171 Å². The van der Waals surface area contributed by atoms with Gasteiger partial charge in [0.2, 0.25) is 5.91 Å². The molecule has 158 valence electrons. The Morgan fingerprint density at radius 1 is 1.27 bits per heavy atom. The fraction of sp³-hybridized carbons (Fsp3) is 0.381. The van der Waals surface area contributed by atoms with Crippen LogP contribution in [0.15, 0.2) is 36.4 Å². The van der Waals surface area contributed by atoms with Crippen molar-refractivity contribution in [3.63, 3.8) is 0 Å².